The van der Waals surface area contributed by atoms with Gasteiger partial charge in [0.25, 0.3) is 0 Å². The summed E-state index contributed by atoms with van der Waals surface area (Å²) in [4.78, 5) is 11.6. The first-order valence-corrected chi connectivity index (χ1v) is 8.41. The van der Waals surface area contributed by atoms with Gasteiger partial charge in [-0.25, -0.2) is 8.42 Å². The first-order chi connectivity index (χ1) is 8.91. The molecular formula is C13H16BrNO3S. The first-order valence-electron chi connectivity index (χ1n) is 6.17. The summed E-state index contributed by atoms with van der Waals surface area (Å²) in [5, 5.41) is 0. The second-order valence-corrected chi connectivity index (χ2v) is 7.60. The third-order valence-electron chi connectivity index (χ3n) is 3.46. The second kappa shape index (κ2) is 5.73. The van der Waals surface area contributed by atoms with Gasteiger partial charge in [0.05, 0.1) is 4.90 Å². The van der Waals surface area contributed by atoms with Crippen molar-refractivity contribution in [3.8, 4) is 0 Å². The van der Waals surface area contributed by atoms with Crippen LogP contribution in [0.3, 0.4) is 0 Å². The van der Waals surface area contributed by atoms with E-state index in [1.54, 1.807) is 31.2 Å². The molecule has 1 heterocycles. The quantitative estimate of drug-likeness (QED) is 0.845. The molecule has 6 heteroatoms. The van der Waals surface area contributed by atoms with Crippen LogP contribution in [-0.4, -0.2) is 31.6 Å². The number of benzene rings is 1. The van der Waals surface area contributed by atoms with Gasteiger partial charge in [-0.05, 0) is 38.0 Å². The zero-order chi connectivity index (χ0) is 14.0. The predicted molar refractivity (Wildman–Crippen MR) is 76.3 cm³/mol. The Labute approximate surface area is 122 Å². The number of carbonyl (C=O) groups is 1. The molecule has 1 aromatic rings. The van der Waals surface area contributed by atoms with Crippen LogP contribution >= 0.6 is 15.9 Å². The van der Waals surface area contributed by atoms with Crippen molar-refractivity contribution in [2.45, 2.75) is 24.7 Å². The molecule has 104 valence electrons. The summed E-state index contributed by atoms with van der Waals surface area (Å²) >= 11 is 3.28. The van der Waals surface area contributed by atoms with Gasteiger partial charge in [-0.1, -0.05) is 22.0 Å². The van der Waals surface area contributed by atoms with E-state index in [0.717, 1.165) is 4.47 Å². The Hall–Kier alpha value is -0.720. The summed E-state index contributed by atoms with van der Waals surface area (Å²) < 4.78 is 27.1. The van der Waals surface area contributed by atoms with Crippen molar-refractivity contribution < 1.29 is 13.2 Å². The Kier molecular flexibility index (Phi) is 4.43. The zero-order valence-electron chi connectivity index (χ0n) is 10.7. The molecule has 1 aliphatic heterocycles. The Morgan fingerprint density at radius 3 is 2.47 bits per heavy atom. The molecule has 4 nitrogen and oxygen atoms in total. The lowest BCUT2D eigenvalue weighted by molar-refractivity contribution is -0.121. The van der Waals surface area contributed by atoms with E-state index in [4.69, 9.17) is 0 Å². The largest absolute Gasteiger partial charge is 0.300 e. The molecule has 0 unspecified atom stereocenters. The lowest BCUT2D eigenvalue weighted by Crippen LogP contribution is -2.39. The maximum Gasteiger partial charge on any atom is 0.243 e. The van der Waals surface area contributed by atoms with Crippen LogP contribution < -0.4 is 0 Å². The average molecular weight is 346 g/mol. The van der Waals surface area contributed by atoms with Crippen molar-refractivity contribution in [2.75, 3.05) is 13.1 Å². The Morgan fingerprint density at radius 2 is 1.95 bits per heavy atom. The number of Topliss-reactive ketones (excluding diaryl/α,β-unsaturated/α-hetero) is 1. The molecule has 0 aromatic heterocycles. The lowest BCUT2D eigenvalue weighted by atomic mass is 9.95. The maximum atomic E-state index is 12.4. The van der Waals surface area contributed by atoms with Gasteiger partial charge in [0.15, 0.2) is 0 Å². The minimum Gasteiger partial charge on any atom is -0.300 e. The van der Waals surface area contributed by atoms with E-state index < -0.39 is 10.0 Å². The van der Waals surface area contributed by atoms with E-state index in [0.29, 0.717) is 30.8 Å². The summed E-state index contributed by atoms with van der Waals surface area (Å²) in [6, 6.07) is 6.70. The standard InChI is InChI=1S/C13H16BrNO3S/c1-10(16)11-5-7-15(8-6-11)19(17,18)13-4-2-3-12(14)9-13/h2-4,9,11H,5-8H2,1H3. The van der Waals surface area contributed by atoms with Crippen LogP contribution in [0.4, 0.5) is 0 Å². The molecule has 2 rings (SSSR count). The van der Waals surface area contributed by atoms with E-state index in [1.165, 1.54) is 4.31 Å². The van der Waals surface area contributed by atoms with Crippen LogP contribution in [0.5, 0.6) is 0 Å². The highest BCUT2D eigenvalue weighted by molar-refractivity contribution is 9.10. The van der Waals surface area contributed by atoms with Crippen molar-refractivity contribution in [3.63, 3.8) is 0 Å². The maximum absolute atomic E-state index is 12.4. The topological polar surface area (TPSA) is 54.5 Å². The molecule has 1 saturated heterocycles. The van der Waals surface area contributed by atoms with Crippen molar-refractivity contribution in [1.82, 2.24) is 4.31 Å². The van der Waals surface area contributed by atoms with Crippen molar-refractivity contribution >= 4 is 31.7 Å². The monoisotopic (exact) mass is 345 g/mol. The molecule has 0 spiro atoms. The number of hydrogen-bond donors (Lipinski definition) is 0. The van der Waals surface area contributed by atoms with Gasteiger partial charge in [0.1, 0.15) is 5.78 Å². The van der Waals surface area contributed by atoms with Gasteiger partial charge in [-0.3, -0.25) is 4.79 Å². The minimum absolute atomic E-state index is 0.00830. The molecular weight excluding hydrogens is 330 g/mol. The number of nitrogens with zero attached hydrogens (tertiary/aromatic N) is 1. The first kappa shape index (κ1) is 14.7. The lowest BCUT2D eigenvalue weighted by Gasteiger charge is -2.30. The summed E-state index contributed by atoms with van der Waals surface area (Å²) in [6.45, 7) is 2.40. The summed E-state index contributed by atoms with van der Waals surface area (Å²) in [7, 11) is -3.44. The van der Waals surface area contributed by atoms with Crippen LogP contribution in [0.15, 0.2) is 33.6 Å². The highest BCUT2D eigenvalue weighted by atomic mass is 79.9. The average Bonchev–Trinajstić information content (AvgIpc) is 2.39. The number of halogens is 1. The fourth-order valence-corrected chi connectivity index (χ4v) is 4.35. The van der Waals surface area contributed by atoms with Crippen molar-refractivity contribution in [1.29, 1.82) is 0 Å². The van der Waals surface area contributed by atoms with E-state index >= 15 is 0 Å². The van der Waals surface area contributed by atoms with Gasteiger partial charge in [-0.2, -0.15) is 4.31 Å². The predicted octanol–water partition coefficient (Wildman–Crippen LogP) is 2.44. The van der Waals surface area contributed by atoms with Gasteiger partial charge in [-0.15, -0.1) is 0 Å². The summed E-state index contributed by atoms with van der Waals surface area (Å²) in [5.41, 5.74) is 0. The minimum atomic E-state index is -3.44. The molecule has 1 fully saturated rings. The molecule has 1 aliphatic rings. The van der Waals surface area contributed by atoms with Crippen LogP contribution in [0, 0.1) is 5.92 Å². The smallest absolute Gasteiger partial charge is 0.243 e. The molecule has 0 radical (unpaired) electrons. The number of piperidine rings is 1. The second-order valence-electron chi connectivity index (χ2n) is 4.75. The van der Waals surface area contributed by atoms with E-state index in [9.17, 15) is 13.2 Å². The fraction of sp³-hybridized carbons (Fsp3) is 0.462. The van der Waals surface area contributed by atoms with Crippen molar-refractivity contribution in [3.05, 3.63) is 28.7 Å². The van der Waals surface area contributed by atoms with E-state index in [1.807, 2.05) is 0 Å². The number of ketones is 1. The molecule has 0 atom stereocenters. The van der Waals surface area contributed by atoms with Crippen LogP contribution in [0.1, 0.15) is 19.8 Å². The molecule has 0 amide bonds. The molecule has 0 saturated carbocycles. The molecule has 0 bridgehead atoms. The Morgan fingerprint density at radius 1 is 1.32 bits per heavy atom. The highest BCUT2D eigenvalue weighted by Gasteiger charge is 2.30. The molecule has 1 aromatic carbocycles. The molecule has 0 aliphatic carbocycles. The normalized spacial score (nSPS) is 18.4. The van der Waals surface area contributed by atoms with Crippen LogP contribution in [-0.2, 0) is 14.8 Å². The Bertz CT molecular complexity index is 577. The third-order valence-corrected chi connectivity index (χ3v) is 5.85. The van der Waals surface area contributed by atoms with Crippen molar-refractivity contribution in [2.24, 2.45) is 5.92 Å². The highest BCUT2D eigenvalue weighted by Crippen LogP contribution is 2.25. The third kappa shape index (κ3) is 3.24. The van der Waals surface area contributed by atoms with E-state index in [-0.39, 0.29) is 11.7 Å². The SMILES string of the molecule is CC(=O)C1CCN(S(=O)(=O)c2cccc(Br)c2)CC1. The molecule has 0 N–H and O–H groups in total. The Balaban J connectivity index is 2.16. The van der Waals surface area contributed by atoms with Crippen LogP contribution in [0.2, 0.25) is 0 Å². The molecule has 19 heavy (non-hydrogen) atoms. The van der Waals surface area contributed by atoms with Gasteiger partial charge in [0.2, 0.25) is 10.0 Å². The van der Waals surface area contributed by atoms with Gasteiger partial charge < -0.3 is 0 Å². The number of rotatable bonds is 3. The summed E-state index contributed by atoms with van der Waals surface area (Å²) in [5.74, 6) is 0.161. The van der Waals surface area contributed by atoms with Crippen LogP contribution in [0.25, 0.3) is 0 Å². The summed E-state index contributed by atoms with van der Waals surface area (Å²) in [6.07, 6.45) is 1.23. The number of hydrogen-bond acceptors (Lipinski definition) is 3. The fourth-order valence-electron chi connectivity index (χ4n) is 2.28. The zero-order valence-corrected chi connectivity index (χ0v) is 13.1. The number of sulfonamides is 1. The number of carbonyl (C=O) groups excluding carboxylic acids is 1. The van der Waals surface area contributed by atoms with E-state index in [2.05, 4.69) is 15.9 Å². The van der Waals surface area contributed by atoms with Gasteiger partial charge >= 0.3 is 0 Å². The van der Waals surface area contributed by atoms with Gasteiger partial charge in [0, 0.05) is 23.5 Å².